The van der Waals surface area contributed by atoms with E-state index in [-0.39, 0.29) is 12.0 Å². The summed E-state index contributed by atoms with van der Waals surface area (Å²) < 4.78 is 16.6. The lowest BCUT2D eigenvalue weighted by Gasteiger charge is -2.26. The molecule has 0 bridgehead atoms. The molecule has 3 rings (SSSR count). The lowest BCUT2D eigenvalue weighted by Crippen LogP contribution is -2.39. The third kappa shape index (κ3) is 4.50. The van der Waals surface area contributed by atoms with Gasteiger partial charge in [0.25, 0.3) is 0 Å². The van der Waals surface area contributed by atoms with Crippen molar-refractivity contribution in [3.05, 3.63) is 48.4 Å². The van der Waals surface area contributed by atoms with E-state index in [0.717, 1.165) is 17.3 Å². The molecule has 1 amide bonds. The van der Waals surface area contributed by atoms with Gasteiger partial charge >= 0.3 is 0 Å². The number of ether oxygens (including phenoxy) is 2. The van der Waals surface area contributed by atoms with Gasteiger partial charge in [-0.2, -0.15) is 0 Å². The maximum absolute atomic E-state index is 11.7. The molecule has 0 aliphatic carbocycles. The molecule has 2 heterocycles. The van der Waals surface area contributed by atoms with Crippen LogP contribution in [0.2, 0.25) is 0 Å². The van der Waals surface area contributed by atoms with Crippen molar-refractivity contribution in [1.29, 1.82) is 0 Å². The molecule has 0 spiro atoms. The molecule has 0 unspecified atom stereocenters. The van der Waals surface area contributed by atoms with Crippen LogP contribution in [-0.4, -0.2) is 31.7 Å². The minimum Gasteiger partial charge on any atom is -0.486 e. The number of para-hydroxylation sites is 2. The first-order valence-corrected chi connectivity index (χ1v) is 7.69. The van der Waals surface area contributed by atoms with Gasteiger partial charge < -0.3 is 24.5 Å². The second-order valence-corrected chi connectivity index (χ2v) is 5.31. The molecule has 1 aromatic heterocycles. The number of hydrogen-bond donors (Lipinski definition) is 2. The first-order valence-electron chi connectivity index (χ1n) is 7.69. The number of nitrogens with one attached hydrogen (secondary N) is 2. The Morgan fingerprint density at radius 3 is 2.87 bits per heavy atom. The van der Waals surface area contributed by atoms with Crippen LogP contribution in [-0.2, 0) is 11.3 Å². The predicted octanol–water partition coefficient (Wildman–Crippen LogP) is 1.72. The fourth-order valence-electron chi connectivity index (χ4n) is 2.32. The number of benzene rings is 1. The summed E-state index contributed by atoms with van der Waals surface area (Å²) in [5.41, 5.74) is 0. The van der Waals surface area contributed by atoms with Crippen LogP contribution < -0.4 is 20.1 Å². The molecule has 1 aromatic carbocycles. The van der Waals surface area contributed by atoms with Crippen molar-refractivity contribution in [2.45, 2.75) is 19.1 Å². The third-order valence-electron chi connectivity index (χ3n) is 3.51. The van der Waals surface area contributed by atoms with E-state index in [1.54, 1.807) is 12.3 Å². The van der Waals surface area contributed by atoms with Gasteiger partial charge in [0, 0.05) is 19.5 Å². The van der Waals surface area contributed by atoms with Crippen molar-refractivity contribution in [3.8, 4) is 11.5 Å². The van der Waals surface area contributed by atoms with Gasteiger partial charge in [0.15, 0.2) is 11.5 Å². The van der Waals surface area contributed by atoms with Gasteiger partial charge in [-0.3, -0.25) is 4.79 Å². The van der Waals surface area contributed by atoms with Crippen LogP contribution >= 0.6 is 0 Å². The molecule has 1 aliphatic heterocycles. The first kappa shape index (κ1) is 15.4. The molecular formula is C17H20N2O4. The van der Waals surface area contributed by atoms with E-state index in [2.05, 4.69) is 10.6 Å². The Bertz CT molecular complexity index is 627. The zero-order chi connectivity index (χ0) is 15.9. The second kappa shape index (κ2) is 7.69. The zero-order valence-corrected chi connectivity index (χ0v) is 12.8. The third-order valence-corrected chi connectivity index (χ3v) is 3.51. The van der Waals surface area contributed by atoms with E-state index in [4.69, 9.17) is 13.9 Å². The highest BCUT2D eigenvalue weighted by molar-refractivity contribution is 5.75. The standard InChI is InChI=1S/C17H20N2O4/c20-17(19-11-13-4-3-9-21-13)7-8-18-10-14-12-22-15-5-1-2-6-16(15)23-14/h1-6,9,14,18H,7-8,10-12H2,(H,19,20)/t14-/m0/s1. The molecule has 2 aromatic rings. The summed E-state index contributed by atoms with van der Waals surface area (Å²) in [7, 11) is 0. The average Bonchev–Trinajstić information content (AvgIpc) is 3.10. The van der Waals surface area contributed by atoms with Gasteiger partial charge in [-0.1, -0.05) is 12.1 Å². The molecular weight excluding hydrogens is 296 g/mol. The average molecular weight is 316 g/mol. The Balaban J connectivity index is 1.30. The van der Waals surface area contributed by atoms with Crippen molar-refractivity contribution in [2.24, 2.45) is 0 Å². The molecule has 0 saturated heterocycles. The van der Waals surface area contributed by atoms with E-state index in [1.807, 2.05) is 30.3 Å². The molecule has 1 aliphatic rings. The van der Waals surface area contributed by atoms with E-state index < -0.39 is 0 Å². The Morgan fingerprint density at radius 2 is 2.04 bits per heavy atom. The largest absolute Gasteiger partial charge is 0.486 e. The van der Waals surface area contributed by atoms with E-state index >= 15 is 0 Å². The molecule has 6 heteroatoms. The lowest BCUT2D eigenvalue weighted by molar-refractivity contribution is -0.121. The van der Waals surface area contributed by atoms with Crippen LogP contribution in [0.1, 0.15) is 12.2 Å². The number of carbonyl (C=O) groups excluding carboxylic acids is 1. The Hall–Kier alpha value is -2.47. The quantitative estimate of drug-likeness (QED) is 0.761. The number of fused-ring (bicyclic) bond motifs is 1. The van der Waals surface area contributed by atoms with Crippen molar-refractivity contribution in [1.82, 2.24) is 10.6 Å². The molecule has 0 radical (unpaired) electrons. The number of amides is 1. The summed E-state index contributed by atoms with van der Waals surface area (Å²) in [5.74, 6) is 2.28. The second-order valence-electron chi connectivity index (χ2n) is 5.31. The van der Waals surface area contributed by atoms with Crippen LogP contribution in [0.25, 0.3) is 0 Å². The number of carbonyl (C=O) groups is 1. The highest BCUT2D eigenvalue weighted by Gasteiger charge is 2.19. The minimum absolute atomic E-state index is 0.0138. The van der Waals surface area contributed by atoms with Gasteiger partial charge in [-0.05, 0) is 24.3 Å². The van der Waals surface area contributed by atoms with Crippen molar-refractivity contribution in [3.63, 3.8) is 0 Å². The van der Waals surface area contributed by atoms with E-state index in [1.165, 1.54) is 0 Å². The molecule has 23 heavy (non-hydrogen) atoms. The molecule has 0 saturated carbocycles. The SMILES string of the molecule is O=C(CCNC[C@H]1COc2ccccc2O1)NCc1ccco1. The van der Waals surface area contributed by atoms with Crippen LogP contribution in [0, 0.1) is 0 Å². The van der Waals surface area contributed by atoms with E-state index in [9.17, 15) is 4.79 Å². The summed E-state index contributed by atoms with van der Waals surface area (Å²) in [6.45, 7) is 2.15. The van der Waals surface area contributed by atoms with Gasteiger partial charge in [0.2, 0.25) is 5.91 Å². The van der Waals surface area contributed by atoms with Gasteiger partial charge in [0.05, 0.1) is 12.8 Å². The lowest BCUT2D eigenvalue weighted by atomic mass is 10.2. The first-order chi connectivity index (χ1) is 11.3. The zero-order valence-electron chi connectivity index (χ0n) is 12.8. The smallest absolute Gasteiger partial charge is 0.221 e. The van der Waals surface area contributed by atoms with Crippen LogP contribution in [0.3, 0.4) is 0 Å². The molecule has 122 valence electrons. The Morgan fingerprint density at radius 1 is 1.17 bits per heavy atom. The van der Waals surface area contributed by atoms with Crippen molar-refractivity contribution >= 4 is 5.91 Å². The highest BCUT2D eigenvalue weighted by atomic mass is 16.6. The van der Waals surface area contributed by atoms with Gasteiger partial charge in [-0.25, -0.2) is 0 Å². The van der Waals surface area contributed by atoms with E-state index in [0.29, 0.717) is 32.7 Å². The van der Waals surface area contributed by atoms with Crippen LogP contribution in [0.5, 0.6) is 11.5 Å². The summed E-state index contributed by atoms with van der Waals surface area (Å²) in [6.07, 6.45) is 1.95. The van der Waals surface area contributed by atoms with Gasteiger partial charge in [-0.15, -0.1) is 0 Å². The summed E-state index contributed by atoms with van der Waals surface area (Å²) in [5, 5.41) is 6.03. The fourth-order valence-corrected chi connectivity index (χ4v) is 2.32. The van der Waals surface area contributed by atoms with Crippen molar-refractivity contribution < 1.29 is 18.7 Å². The fraction of sp³-hybridized carbons (Fsp3) is 0.353. The Labute approximate surface area is 134 Å². The number of furan rings is 1. The maximum atomic E-state index is 11.7. The summed E-state index contributed by atoms with van der Waals surface area (Å²) in [6, 6.07) is 11.2. The highest BCUT2D eigenvalue weighted by Crippen LogP contribution is 2.30. The summed E-state index contributed by atoms with van der Waals surface area (Å²) >= 11 is 0. The maximum Gasteiger partial charge on any atom is 0.221 e. The monoisotopic (exact) mass is 316 g/mol. The van der Waals surface area contributed by atoms with Crippen LogP contribution in [0.4, 0.5) is 0 Å². The molecule has 2 N–H and O–H groups in total. The predicted molar refractivity (Wildman–Crippen MR) is 84.4 cm³/mol. The van der Waals surface area contributed by atoms with Crippen molar-refractivity contribution in [2.75, 3.05) is 19.7 Å². The number of rotatable bonds is 7. The number of hydrogen-bond acceptors (Lipinski definition) is 5. The minimum atomic E-state index is -0.0453. The van der Waals surface area contributed by atoms with Gasteiger partial charge in [0.1, 0.15) is 18.5 Å². The topological polar surface area (TPSA) is 72.7 Å². The summed E-state index contributed by atoms with van der Waals surface area (Å²) in [4.78, 5) is 11.7. The van der Waals surface area contributed by atoms with Crippen LogP contribution in [0.15, 0.2) is 47.1 Å². The normalized spacial score (nSPS) is 16.1. The molecule has 1 atom stereocenters. The Kier molecular flexibility index (Phi) is 5.16. The molecule has 0 fully saturated rings. The molecule has 6 nitrogen and oxygen atoms in total.